The summed E-state index contributed by atoms with van der Waals surface area (Å²) in [4.78, 5) is 2.75. The molecule has 0 spiro atoms. The van der Waals surface area contributed by atoms with E-state index in [0.29, 0.717) is 0 Å². The molecule has 1 unspecified atom stereocenters. The molecule has 2 saturated heterocycles. The van der Waals surface area contributed by atoms with Gasteiger partial charge in [0.15, 0.2) is 12.6 Å². The molecule has 8 heteroatoms. The highest BCUT2D eigenvalue weighted by Crippen LogP contribution is 2.35. The van der Waals surface area contributed by atoms with Crippen LogP contribution in [0.1, 0.15) is 17.4 Å². The van der Waals surface area contributed by atoms with Gasteiger partial charge in [-0.25, -0.2) is 0 Å². The molecule has 0 amide bonds. The third kappa shape index (κ3) is 3.18. The van der Waals surface area contributed by atoms with Crippen molar-refractivity contribution >= 4 is 0 Å². The van der Waals surface area contributed by atoms with Crippen LogP contribution in [0.25, 0.3) is 10.4 Å². The van der Waals surface area contributed by atoms with Crippen LogP contribution < -0.4 is 0 Å². The van der Waals surface area contributed by atoms with Gasteiger partial charge < -0.3 is 24.1 Å². The van der Waals surface area contributed by atoms with E-state index in [1.165, 1.54) is 7.11 Å². The number of ether oxygens (including phenoxy) is 4. The van der Waals surface area contributed by atoms with Gasteiger partial charge in [0.1, 0.15) is 18.2 Å². The van der Waals surface area contributed by atoms with E-state index in [1.807, 2.05) is 31.2 Å². The molecule has 1 N–H and O–H groups in total. The molecule has 2 aliphatic heterocycles. The van der Waals surface area contributed by atoms with E-state index in [0.717, 1.165) is 11.1 Å². The van der Waals surface area contributed by atoms with Gasteiger partial charge in [0.2, 0.25) is 0 Å². The Hall–Kier alpha value is -1.67. The number of aryl methyl sites for hydroxylation is 1. The molecule has 0 radical (unpaired) electrons. The summed E-state index contributed by atoms with van der Waals surface area (Å²) in [7, 11) is 1.43. The molecular weight excluding hydrogens is 302 g/mol. The summed E-state index contributed by atoms with van der Waals surface area (Å²) >= 11 is 0. The Labute approximate surface area is 133 Å². The molecule has 2 heterocycles. The number of rotatable bonds is 3. The smallest absolute Gasteiger partial charge is 0.184 e. The van der Waals surface area contributed by atoms with Gasteiger partial charge in [-0.15, -0.1) is 0 Å². The summed E-state index contributed by atoms with van der Waals surface area (Å²) in [5, 5.41) is 14.1. The number of methoxy groups -OCH3 is 1. The molecule has 1 aromatic rings. The van der Waals surface area contributed by atoms with Crippen LogP contribution in [0.15, 0.2) is 29.4 Å². The summed E-state index contributed by atoms with van der Waals surface area (Å²) in [5.41, 5.74) is 10.7. The average Bonchev–Trinajstić information content (AvgIpc) is 2.58. The van der Waals surface area contributed by atoms with Crippen LogP contribution in [0.3, 0.4) is 0 Å². The summed E-state index contributed by atoms with van der Waals surface area (Å²) < 4.78 is 22.4. The maximum atomic E-state index is 10.5. The molecule has 8 nitrogen and oxygen atoms in total. The molecule has 3 rings (SSSR count). The fourth-order valence-corrected chi connectivity index (χ4v) is 2.85. The van der Waals surface area contributed by atoms with Crippen molar-refractivity contribution in [3.63, 3.8) is 0 Å². The molecule has 2 aliphatic rings. The van der Waals surface area contributed by atoms with Crippen molar-refractivity contribution in [3.8, 4) is 0 Å². The van der Waals surface area contributed by atoms with Crippen molar-refractivity contribution in [1.82, 2.24) is 0 Å². The first-order chi connectivity index (χ1) is 11.1. The predicted octanol–water partition coefficient (Wildman–Crippen LogP) is 1.82. The highest BCUT2D eigenvalue weighted by Gasteiger charge is 2.49. The zero-order chi connectivity index (χ0) is 16.4. The van der Waals surface area contributed by atoms with E-state index in [9.17, 15) is 5.11 Å². The minimum Gasteiger partial charge on any atom is -0.390 e. The third-order valence-electron chi connectivity index (χ3n) is 4.10. The van der Waals surface area contributed by atoms with Crippen LogP contribution in [0.5, 0.6) is 0 Å². The molecule has 0 bridgehead atoms. The number of nitrogens with zero attached hydrogens (tertiary/aromatic N) is 3. The maximum absolute atomic E-state index is 10.5. The molecular formula is C15H19N3O5. The zero-order valence-electron chi connectivity index (χ0n) is 12.9. The summed E-state index contributed by atoms with van der Waals surface area (Å²) in [6, 6.07) is 6.89. The second-order valence-electron chi connectivity index (χ2n) is 5.64. The topological polar surface area (TPSA) is 106 Å². The fraction of sp³-hybridized carbons (Fsp3) is 0.600. The van der Waals surface area contributed by atoms with Crippen molar-refractivity contribution in [1.29, 1.82) is 0 Å². The van der Waals surface area contributed by atoms with Crippen LogP contribution in [0.4, 0.5) is 0 Å². The highest BCUT2D eigenvalue weighted by atomic mass is 16.7. The normalized spacial score (nSPS) is 36.8. The Bertz CT molecular complexity index is 589. The van der Waals surface area contributed by atoms with E-state index in [4.69, 9.17) is 24.5 Å². The van der Waals surface area contributed by atoms with E-state index >= 15 is 0 Å². The minimum absolute atomic E-state index is 0.253. The van der Waals surface area contributed by atoms with Gasteiger partial charge in [0.25, 0.3) is 0 Å². The minimum atomic E-state index is -1.04. The van der Waals surface area contributed by atoms with E-state index < -0.39 is 36.9 Å². The first kappa shape index (κ1) is 16.2. The lowest BCUT2D eigenvalue weighted by Gasteiger charge is -2.46. The van der Waals surface area contributed by atoms with Crippen LogP contribution >= 0.6 is 0 Å². The molecule has 124 valence electrons. The zero-order valence-corrected chi connectivity index (χ0v) is 12.9. The lowest BCUT2D eigenvalue weighted by Crippen LogP contribution is -2.61. The summed E-state index contributed by atoms with van der Waals surface area (Å²) in [6.07, 6.45) is -3.60. The number of hydrogen-bond acceptors (Lipinski definition) is 6. The van der Waals surface area contributed by atoms with Crippen LogP contribution in [0.2, 0.25) is 0 Å². The van der Waals surface area contributed by atoms with Crippen LogP contribution in [-0.2, 0) is 18.9 Å². The molecule has 2 fully saturated rings. The first-order valence-electron chi connectivity index (χ1n) is 7.38. The van der Waals surface area contributed by atoms with E-state index in [-0.39, 0.29) is 6.61 Å². The van der Waals surface area contributed by atoms with Gasteiger partial charge >= 0.3 is 0 Å². The van der Waals surface area contributed by atoms with Gasteiger partial charge in [-0.2, -0.15) is 0 Å². The maximum Gasteiger partial charge on any atom is 0.184 e. The number of fused-ring (bicyclic) bond motifs is 1. The number of hydrogen-bond donors (Lipinski definition) is 1. The largest absolute Gasteiger partial charge is 0.390 e. The fourth-order valence-electron chi connectivity index (χ4n) is 2.85. The number of benzene rings is 1. The average molecular weight is 321 g/mol. The Morgan fingerprint density at radius 3 is 2.70 bits per heavy atom. The Balaban J connectivity index is 1.78. The molecule has 6 atom stereocenters. The third-order valence-corrected chi connectivity index (χ3v) is 4.10. The molecule has 0 saturated carbocycles. The van der Waals surface area contributed by atoms with Gasteiger partial charge in [-0.05, 0) is 12.5 Å². The number of aliphatic hydroxyl groups excluding tert-OH is 1. The Morgan fingerprint density at radius 1 is 1.30 bits per heavy atom. The second kappa shape index (κ2) is 6.84. The molecule has 1 aromatic carbocycles. The highest BCUT2D eigenvalue weighted by molar-refractivity contribution is 5.22. The monoisotopic (exact) mass is 321 g/mol. The van der Waals surface area contributed by atoms with Crippen molar-refractivity contribution in [2.75, 3.05) is 13.7 Å². The Kier molecular flexibility index (Phi) is 4.82. The summed E-state index contributed by atoms with van der Waals surface area (Å²) in [5.74, 6) is 0. The van der Waals surface area contributed by atoms with Crippen molar-refractivity contribution < 1.29 is 24.1 Å². The molecule has 23 heavy (non-hydrogen) atoms. The number of aliphatic hydroxyl groups is 1. The lowest BCUT2D eigenvalue weighted by atomic mass is 9.96. The van der Waals surface area contributed by atoms with Crippen molar-refractivity contribution in [2.45, 2.75) is 43.9 Å². The lowest BCUT2D eigenvalue weighted by molar-refractivity contribution is -0.338. The SMILES string of the molecule is CO[C@H]1O[C@@H]2COC(c3ccc(C)cc3)O[C@@H]2[C@H](O)[C@H]1N=[N+]=[N-]. The van der Waals surface area contributed by atoms with Gasteiger partial charge in [0, 0.05) is 17.6 Å². The summed E-state index contributed by atoms with van der Waals surface area (Å²) in [6.45, 7) is 2.25. The van der Waals surface area contributed by atoms with Crippen molar-refractivity contribution in [3.05, 3.63) is 45.8 Å². The first-order valence-corrected chi connectivity index (χ1v) is 7.38. The molecule has 0 aromatic heterocycles. The van der Waals surface area contributed by atoms with E-state index in [2.05, 4.69) is 10.0 Å². The van der Waals surface area contributed by atoms with Gasteiger partial charge in [-0.1, -0.05) is 34.9 Å². The van der Waals surface area contributed by atoms with Crippen molar-refractivity contribution in [2.24, 2.45) is 5.11 Å². The van der Waals surface area contributed by atoms with Crippen LogP contribution in [0, 0.1) is 6.92 Å². The predicted molar refractivity (Wildman–Crippen MR) is 79.4 cm³/mol. The number of azide groups is 1. The molecule has 0 aliphatic carbocycles. The quantitative estimate of drug-likeness (QED) is 0.519. The van der Waals surface area contributed by atoms with Crippen LogP contribution in [-0.4, -0.2) is 49.5 Å². The standard InChI is InChI=1S/C15H19N3O5/c1-8-3-5-9(6-4-8)14-21-7-10-13(23-14)12(19)11(17-18-16)15(20-2)22-10/h3-6,10-15,19H,7H2,1-2H3/t10-,11-,12-,13+,14?,15+/m1/s1. The van der Waals surface area contributed by atoms with Gasteiger partial charge in [-0.3, -0.25) is 0 Å². The van der Waals surface area contributed by atoms with Gasteiger partial charge in [0.05, 0.1) is 12.7 Å². The second-order valence-corrected chi connectivity index (χ2v) is 5.64. The Morgan fingerprint density at radius 2 is 2.04 bits per heavy atom. The van der Waals surface area contributed by atoms with E-state index in [1.54, 1.807) is 0 Å².